The second-order valence-electron chi connectivity index (χ2n) is 5.23. The van der Waals surface area contributed by atoms with Gasteiger partial charge in [-0.15, -0.1) is 0 Å². The lowest BCUT2D eigenvalue weighted by molar-refractivity contribution is 0.0727. The van der Waals surface area contributed by atoms with E-state index >= 15 is 0 Å². The summed E-state index contributed by atoms with van der Waals surface area (Å²) >= 11 is 0. The van der Waals surface area contributed by atoms with Crippen molar-refractivity contribution in [2.75, 3.05) is 18.4 Å². The average Bonchev–Trinajstić information content (AvgIpc) is 2.70. The van der Waals surface area contributed by atoms with Gasteiger partial charge in [0.05, 0.1) is 12.1 Å². The molecule has 0 radical (unpaired) electrons. The van der Waals surface area contributed by atoms with Crippen LogP contribution in [-0.2, 0) is 0 Å². The first-order valence-corrected chi connectivity index (χ1v) is 6.27. The summed E-state index contributed by atoms with van der Waals surface area (Å²) in [5.74, 6) is -0.00605. The molecule has 1 fully saturated rings. The van der Waals surface area contributed by atoms with Gasteiger partial charge in [0.1, 0.15) is 0 Å². The molecule has 1 heterocycles. The van der Waals surface area contributed by atoms with E-state index in [1.54, 1.807) is 36.1 Å². The van der Waals surface area contributed by atoms with E-state index in [0.717, 1.165) is 0 Å². The van der Waals surface area contributed by atoms with Gasteiger partial charge in [-0.2, -0.15) is 0 Å². The number of nitrogens with zero attached hydrogens (tertiary/aromatic N) is 1. The van der Waals surface area contributed by atoms with Gasteiger partial charge in [-0.1, -0.05) is 0 Å². The summed E-state index contributed by atoms with van der Waals surface area (Å²) in [6.45, 7) is 4.11. The van der Waals surface area contributed by atoms with E-state index < -0.39 is 5.60 Å². The third-order valence-electron chi connectivity index (χ3n) is 3.28. The molecule has 2 rings (SSSR count). The number of urea groups is 1. The van der Waals surface area contributed by atoms with Gasteiger partial charge in [0.2, 0.25) is 0 Å². The largest absolute Gasteiger partial charge is 0.388 e. The molecule has 1 unspecified atom stereocenters. The lowest BCUT2D eigenvalue weighted by atomic mass is 10.1. The minimum Gasteiger partial charge on any atom is -0.388 e. The topological polar surface area (TPSA) is 69.6 Å². The van der Waals surface area contributed by atoms with Crippen molar-refractivity contribution in [1.82, 2.24) is 4.90 Å². The fourth-order valence-corrected chi connectivity index (χ4v) is 2.11. The molecule has 1 saturated heterocycles. The van der Waals surface area contributed by atoms with E-state index in [4.69, 9.17) is 0 Å². The molecule has 1 atom stereocenters. The zero-order valence-corrected chi connectivity index (χ0v) is 11.1. The van der Waals surface area contributed by atoms with Crippen molar-refractivity contribution in [3.05, 3.63) is 29.8 Å². The predicted molar refractivity (Wildman–Crippen MR) is 72.3 cm³/mol. The highest BCUT2D eigenvalue weighted by Crippen LogP contribution is 2.21. The third-order valence-corrected chi connectivity index (χ3v) is 3.28. The van der Waals surface area contributed by atoms with Crippen LogP contribution in [0.5, 0.6) is 0 Å². The molecule has 2 amide bonds. The molecule has 0 saturated carbocycles. The van der Waals surface area contributed by atoms with Crippen LogP contribution in [0.1, 0.15) is 30.6 Å². The van der Waals surface area contributed by atoms with Crippen molar-refractivity contribution in [2.24, 2.45) is 0 Å². The molecule has 0 bridgehead atoms. The smallest absolute Gasteiger partial charge is 0.321 e. The van der Waals surface area contributed by atoms with E-state index in [9.17, 15) is 14.7 Å². The standard InChI is InChI=1S/C14H18N2O3/c1-10(17)11-3-5-12(6-4-11)15-13(18)16-8-7-14(2,19)9-16/h3-6,19H,7-9H2,1-2H3,(H,15,18). The molecular formula is C14H18N2O3. The molecule has 0 spiro atoms. The second-order valence-corrected chi connectivity index (χ2v) is 5.23. The van der Waals surface area contributed by atoms with Crippen LogP contribution in [0.25, 0.3) is 0 Å². The molecule has 2 N–H and O–H groups in total. The van der Waals surface area contributed by atoms with Gasteiger partial charge in [0.25, 0.3) is 0 Å². The van der Waals surface area contributed by atoms with E-state index in [1.165, 1.54) is 6.92 Å². The van der Waals surface area contributed by atoms with E-state index in [1.807, 2.05) is 0 Å². The van der Waals surface area contributed by atoms with Crippen LogP contribution in [0.2, 0.25) is 0 Å². The Hall–Kier alpha value is -1.88. The molecule has 19 heavy (non-hydrogen) atoms. The number of likely N-dealkylation sites (tertiary alicyclic amines) is 1. The molecule has 1 aliphatic rings. The van der Waals surface area contributed by atoms with Crippen molar-refractivity contribution in [2.45, 2.75) is 25.9 Å². The van der Waals surface area contributed by atoms with Crippen LogP contribution >= 0.6 is 0 Å². The molecule has 1 aromatic carbocycles. The number of carbonyl (C=O) groups is 2. The number of anilines is 1. The number of nitrogens with one attached hydrogen (secondary N) is 1. The minimum atomic E-state index is -0.796. The summed E-state index contributed by atoms with van der Waals surface area (Å²) in [7, 11) is 0. The first-order chi connectivity index (χ1) is 8.87. The Labute approximate surface area is 112 Å². The molecule has 0 aliphatic carbocycles. The summed E-state index contributed by atoms with van der Waals surface area (Å²) in [6.07, 6.45) is 0.587. The second kappa shape index (κ2) is 5.01. The quantitative estimate of drug-likeness (QED) is 0.799. The number of carbonyl (C=O) groups excluding carboxylic acids is 2. The molecule has 1 aliphatic heterocycles. The van der Waals surface area contributed by atoms with Crippen molar-refractivity contribution >= 4 is 17.5 Å². The van der Waals surface area contributed by atoms with E-state index in [2.05, 4.69) is 5.32 Å². The van der Waals surface area contributed by atoms with Crippen LogP contribution in [-0.4, -0.2) is 40.5 Å². The van der Waals surface area contributed by atoms with E-state index in [-0.39, 0.29) is 11.8 Å². The summed E-state index contributed by atoms with van der Waals surface area (Å²) in [5, 5.41) is 12.6. The molecule has 0 aromatic heterocycles. The summed E-state index contributed by atoms with van der Waals surface area (Å²) in [5.41, 5.74) is 0.458. The highest BCUT2D eigenvalue weighted by Gasteiger charge is 2.33. The molecule has 1 aromatic rings. The first-order valence-electron chi connectivity index (χ1n) is 6.27. The number of aliphatic hydroxyl groups is 1. The van der Waals surface area contributed by atoms with Crippen molar-refractivity contribution in [1.29, 1.82) is 0 Å². The third kappa shape index (κ3) is 3.32. The Morgan fingerprint density at radius 2 is 1.95 bits per heavy atom. The Kier molecular flexibility index (Phi) is 3.57. The predicted octanol–water partition coefficient (Wildman–Crippen LogP) is 1.88. The molecule has 5 nitrogen and oxygen atoms in total. The van der Waals surface area contributed by atoms with Crippen molar-refractivity contribution in [3.63, 3.8) is 0 Å². The van der Waals surface area contributed by atoms with Crippen LogP contribution in [0.15, 0.2) is 24.3 Å². The minimum absolute atomic E-state index is 0.00605. The lowest BCUT2D eigenvalue weighted by Gasteiger charge is -2.19. The van der Waals surface area contributed by atoms with Crippen molar-refractivity contribution in [3.8, 4) is 0 Å². The number of benzene rings is 1. The van der Waals surface area contributed by atoms with Crippen LogP contribution in [0.3, 0.4) is 0 Å². The SMILES string of the molecule is CC(=O)c1ccc(NC(=O)N2CCC(C)(O)C2)cc1. The number of ketones is 1. The van der Waals surface area contributed by atoms with E-state index in [0.29, 0.717) is 30.8 Å². The van der Waals surface area contributed by atoms with Gasteiger partial charge in [0.15, 0.2) is 5.78 Å². The Balaban J connectivity index is 1.98. The van der Waals surface area contributed by atoms with Crippen LogP contribution in [0.4, 0.5) is 10.5 Å². The molecular weight excluding hydrogens is 244 g/mol. The molecule has 102 valence electrons. The fourth-order valence-electron chi connectivity index (χ4n) is 2.11. The zero-order chi connectivity index (χ0) is 14.0. The Morgan fingerprint density at radius 1 is 1.32 bits per heavy atom. The monoisotopic (exact) mass is 262 g/mol. The zero-order valence-electron chi connectivity index (χ0n) is 11.1. The maximum atomic E-state index is 12.0. The number of rotatable bonds is 2. The normalized spacial score (nSPS) is 22.4. The first kappa shape index (κ1) is 13.5. The fraction of sp³-hybridized carbons (Fsp3) is 0.429. The molecule has 5 heteroatoms. The number of hydrogen-bond acceptors (Lipinski definition) is 3. The summed E-state index contributed by atoms with van der Waals surface area (Å²) < 4.78 is 0. The van der Waals surface area contributed by atoms with Crippen LogP contribution < -0.4 is 5.32 Å². The van der Waals surface area contributed by atoms with Crippen LogP contribution in [0, 0.1) is 0 Å². The van der Waals surface area contributed by atoms with Gasteiger partial charge in [-0.3, -0.25) is 4.79 Å². The van der Waals surface area contributed by atoms with Gasteiger partial charge >= 0.3 is 6.03 Å². The lowest BCUT2D eigenvalue weighted by Crippen LogP contribution is -2.36. The Bertz CT molecular complexity index is 494. The summed E-state index contributed by atoms with van der Waals surface area (Å²) in [4.78, 5) is 24.7. The number of Topliss-reactive ketones (excluding diaryl/α,β-unsaturated/α-hetero) is 1. The number of amides is 2. The number of β-amino-alcohol motifs (C(OH)–C–C–N with tert-alkyl or cyclic N) is 1. The van der Waals surface area contributed by atoms with Gasteiger partial charge in [-0.25, -0.2) is 4.79 Å². The van der Waals surface area contributed by atoms with Crippen molar-refractivity contribution < 1.29 is 14.7 Å². The summed E-state index contributed by atoms with van der Waals surface area (Å²) in [6, 6.07) is 6.52. The maximum Gasteiger partial charge on any atom is 0.321 e. The maximum absolute atomic E-state index is 12.0. The van der Waals surface area contributed by atoms with Gasteiger partial charge in [-0.05, 0) is 44.5 Å². The van der Waals surface area contributed by atoms with Gasteiger partial charge in [0, 0.05) is 17.8 Å². The highest BCUT2D eigenvalue weighted by molar-refractivity contribution is 5.95. The Morgan fingerprint density at radius 3 is 2.42 bits per heavy atom. The van der Waals surface area contributed by atoms with Gasteiger partial charge < -0.3 is 15.3 Å². The average molecular weight is 262 g/mol. The highest BCUT2D eigenvalue weighted by atomic mass is 16.3. The number of hydrogen-bond donors (Lipinski definition) is 2.